The third-order valence-corrected chi connectivity index (χ3v) is 4.39. The highest BCUT2D eigenvalue weighted by Crippen LogP contribution is 2.55. The zero-order valence-corrected chi connectivity index (χ0v) is 10.1. The van der Waals surface area contributed by atoms with Gasteiger partial charge in [0.1, 0.15) is 0 Å². The minimum absolute atomic E-state index is 0.0813. The predicted molar refractivity (Wildman–Crippen MR) is 61.1 cm³/mol. The van der Waals surface area contributed by atoms with Gasteiger partial charge in [-0.05, 0) is 25.7 Å². The molecule has 1 N–H and O–H groups in total. The summed E-state index contributed by atoms with van der Waals surface area (Å²) in [6.07, 6.45) is 5.05. The number of imide groups is 1. The lowest BCUT2D eigenvalue weighted by atomic mass is 9.55. The van der Waals surface area contributed by atoms with Gasteiger partial charge in [0, 0.05) is 0 Å². The molecule has 0 spiro atoms. The van der Waals surface area contributed by atoms with Gasteiger partial charge in [-0.3, -0.25) is 19.7 Å². The van der Waals surface area contributed by atoms with Gasteiger partial charge in [0.2, 0.25) is 11.8 Å². The predicted octanol–water partition coefficient (Wildman–Crippen LogP) is 0.404. The fourth-order valence-corrected chi connectivity index (χ4v) is 3.59. The van der Waals surface area contributed by atoms with Gasteiger partial charge >= 0.3 is 5.97 Å². The number of amides is 2. The summed E-state index contributed by atoms with van der Waals surface area (Å²) in [5.41, 5.74) is -0.925. The number of rotatable bonds is 2. The second-order valence-corrected chi connectivity index (χ2v) is 5.18. The van der Waals surface area contributed by atoms with Gasteiger partial charge in [0.25, 0.3) is 0 Å². The Hall–Kier alpha value is -1.65. The first-order chi connectivity index (χ1) is 8.60. The van der Waals surface area contributed by atoms with Gasteiger partial charge in [0.05, 0.1) is 23.9 Å². The molecule has 0 aromatic rings. The number of carbonyl (C=O) groups is 3. The molecule has 0 radical (unpaired) electrons. The molecule has 96 valence electrons. The highest BCUT2D eigenvalue weighted by atomic mass is 16.5. The summed E-state index contributed by atoms with van der Waals surface area (Å²) in [6.45, 7) is 2.02. The first kappa shape index (κ1) is 11.4. The molecule has 1 saturated heterocycles. The van der Waals surface area contributed by atoms with Crippen LogP contribution in [-0.4, -0.2) is 24.4 Å². The molecule has 1 heterocycles. The lowest BCUT2D eigenvalue weighted by molar-refractivity contribution is -0.163. The van der Waals surface area contributed by atoms with Crippen LogP contribution in [0.25, 0.3) is 0 Å². The fraction of sp³-hybridized carbons (Fsp3) is 0.615. The van der Waals surface area contributed by atoms with Crippen molar-refractivity contribution in [3.8, 4) is 0 Å². The molecule has 1 aliphatic heterocycles. The van der Waals surface area contributed by atoms with Crippen LogP contribution in [0, 0.1) is 23.2 Å². The Labute approximate surface area is 105 Å². The molecule has 5 heteroatoms. The molecule has 2 fully saturated rings. The molecule has 4 atom stereocenters. The molecule has 1 saturated carbocycles. The molecular formula is C13H15NO4. The molecule has 18 heavy (non-hydrogen) atoms. The third kappa shape index (κ3) is 1.24. The molecule has 3 aliphatic carbocycles. The lowest BCUT2D eigenvalue weighted by Crippen LogP contribution is -2.51. The summed E-state index contributed by atoms with van der Waals surface area (Å²) < 4.78 is 5.11. The fourth-order valence-electron chi connectivity index (χ4n) is 3.59. The van der Waals surface area contributed by atoms with Crippen LogP contribution in [-0.2, 0) is 19.1 Å². The summed E-state index contributed by atoms with van der Waals surface area (Å²) in [7, 11) is 0. The smallest absolute Gasteiger partial charge is 0.316 e. The molecule has 4 rings (SSSR count). The summed E-state index contributed by atoms with van der Waals surface area (Å²) in [4.78, 5) is 36.0. The van der Waals surface area contributed by atoms with E-state index in [2.05, 4.69) is 5.32 Å². The minimum atomic E-state index is -0.925. The van der Waals surface area contributed by atoms with Gasteiger partial charge in [-0.2, -0.15) is 0 Å². The van der Waals surface area contributed by atoms with Crippen LogP contribution >= 0.6 is 0 Å². The maximum atomic E-state index is 12.2. The van der Waals surface area contributed by atoms with Crippen molar-refractivity contribution in [2.24, 2.45) is 23.2 Å². The van der Waals surface area contributed by atoms with Gasteiger partial charge in [-0.1, -0.05) is 12.2 Å². The third-order valence-electron chi connectivity index (χ3n) is 4.39. The maximum absolute atomic E-state index is 12.2. The second-order valence-electron chi connectivity index (χ2n) is 5.18. The number of hydrogen-bond acceptors (Lipinski definition) is 4. The Morgan fingerprint density at radius 2 is 2.28 bits per heavy atom. The quantitative estimate of drug-likeness (QED) is 0.437. The van der Waals surface area contributed by atoms with Crippen LogP contribution in [0.4, 0.5) is 0 Å². The highest BCUT2D eigenvalue weighted by molar-refractivity contribution is 6.08. The average molecular weight is 249 g/mol. The Morgan fingerprint density at radius 3 is 2.89 bits per heavy atom. The Morgan fingerprint density at radius 1 is 1.50 bits per heavy atom. The van der Waals surface area contributed by atoms with Crippen molar-refractivity contribution >= 4 is 17.8 Å². The van der Waals surface area contributed by atoms with E-state index in [9.17, 15) is 14.4 Å². The van der Waals surface area contributed by atoms with Crippen molar-refractivity contribution in [3.63, 3.8) is 0 Å². The Kier molecular flexibility index (Phi) is 2.33. The highest BCUT2D eigenvalue weighted by Gasteiger charge is 2.63. The number of fused-ring (bicyclic) bond motifs is 1. The van der Waals surface area contributed by atoms with E-state index in [1.165, 1.54) is 0 Å². The first-order valence-corrected chi connectivity index (χ1v) is 6.31. The van der Waals surface area contributed by atoms with E-state index >= 15 is 0 Å². The van der Waals surface area contributed by atoms with Gasteiger partial charge in [-0.15, -0.1) is 0 Å². The van der Waals surface area contributed by atoms with Crippen LogP contribution in [0.2, 0.25) is 0 Å². The van der Waals surface area contributed by atoms with Crippen LogP contribution in [0.15, 0.2) is 12.2 Å². The van der Waals surface area contributed by atoms with E-state index < -0.39 is 11.3 Å². The number of allylic oxidation sites excluding steroid dienone is 1. The van der Waals surface area contributed by atoms with Crippen molar-refractivity contribution in [1.82, 2.24) is 5.32 Å². The SMILES string of the molecule is CCOC(=O)C12C=CC(CC1)C1C(=O)NC(=O)C12. The number of ether oxygens (including phenoxy) is 1. The molecule has 2 amide bonds. The normalized spacial score (nSPS) is 40.6. The van der Waals surface area contributed by atoms with Crippen LogP contribution in [0.1, 0.15) is 19.8 Å². The van der Waals surface area contributed by atoms with Gasteiger partial charge in [0.15, 0.2) is 0 Å². The average Bonchev–Trinajstić information content (AvgIpc) is 2.69. The summed E-state index contributed by atoms with van der Waals surface area (Å²) in [5.74, 6) is -1.83. The number of carbonyl (C=O) groups excluding carboxylic acids is 3. The van der Waals surface area contributed by atoms with Crippen molar-refractivity contribution in [3.05, 3.63) is 12.2 Å². The van der Waals surface area contributed by atoms with E-state index in [4.69, 9.17) is 4.74 Å². The van der Waals surface area contributed by atoms with Crippen molar-refractivity contribution in [2.45, 2.75) is 19.8 Å². The van der Waals surface area contributed by atoms with E-state index in [-0.39, 0.29) is 36.2 Å². The minimum Gasteiger partial charge on any atom is -0.465 e. The molecular weight excluding hydrogens is 234 g/mol. The van der Waals surface area contributed by atoms with E-state index in [1.807, 2.05) is 6.08 Å². The zero-order chi connectivity index (χ0) is 12.9. The van der Waals surface area contributed by atoms with Crippen LogP contribution in [0.3, 0.4) is 0 Å². The molecule has 4 unspecified atom stereocenters. The van der Waals surface area contributed by atoms with Crippen molar-refractivity contribution < 1.29 is 19.1 Å². The molecule has 5 nitrogen and oxygen atoms in total. The van der Waals surface area contributed by atoms with Crippen molar-refractivity contribution in [2.75, 3.05) is 6.61 Å². The zero-order valence-electron chi connectivity index (χ0n) is 10.1. The van der Waals surface area contributed by atoms with E-state index in [1.54, 1.807) is 13.0 Å². The van der Waals surface area contributed by atoms with E-state index in [0.29, 0.717) is 6.42 Å². The largest absolute Gasteiger partial charge is 0.465 e. The number of nitrogens with one attached hydrogen (secondary N) is 1. The van der Waals surface area contributed by atoms with Crippen LogP contribution < -0.4 is 5.32 Å². The number of hydrogen-bond donors (Lipinski definition) is 1. The lowest BCUT2D eigenvalue weighted by Gasteiger charge is -2.45. The number of esters is 1. The summed E-state index contributed by atoms with van der Waals surface area (Å²) in [5, 5.41) is 2.36. The van der Waals surface area contributed by atoms with E-state index in [0.717, 1.165) is 6.42 Å². The molecule has 0 aromatic carbocycles. The first-order valence-electron chi connectivity index (χ1n) is 6.31. The topological polar surface area (TPSA) is 72.5 Å². The molecule has 0 aromatic heterocycles. The Bertz CT molecular complexity index is 470. The standard InChI is InChI=1S/C13H15NO4/c1-2-18-12(17)13-5-3-7(4-6-13)8-9(13)11(16)14-10(8)15/h3,5,7-9H,2,4,6H2,1H3,(H,14,15,16). The maximum Gasteiger partial charge on any atom is 0.316 e. The van der Waals surface area contributed by atoms with Crippen LogP contribution in [0.5, 0.6) is 0 Å². The molecule has 2 bridgehead atoms. The Balaban J connectivity index is 2.05. The monoisotopic (exact) mass is 249 g/mol. The van der Waals surface area contributed by atoms with Gasteiger partial charge < -0.3 is 4.74 Å². The summed E-state index contributed by atoms with van der Waals surface area (Å²) >= 11 is 0. The van der Waals surface area contributed by atoms with Gasteiger partial charge in [-0.25, -0.2) is 0 Å². The molecule has 4 aliphatic rings. The summed E-state index contributed by atoms with van der Waals surface area (Å²) in [6, 6.07) is 0. The van der Waals surface area contributed by atoms with Crippen molar-refractivity contribution in [1.29, 1.82) is 0 Å². The second kappa shape index (κ2) is 3.67.